The van der Waals surface area contributed by atoms with Gasteiger partial charge in [-0.1, -0.05) is 12.8 Å². The summed E-state index contributed by atoms with van der Waals surface area (Å²) < 4.78 is 19.7. The van der Waals surface area contributed by atoms with Crippen LogP contribution < -0.4 is 4.83 Å². The quantitative estimate of drug-likeness (QED) is 0.435. The molecule has 0 saturated heterocycles. The van der Waals surface area contributed by atoms with Crippen molar-refractivity contribution >= 4 is 44.3 Å². The van der Waals surface area contributed by atoms with Gasteiger partial charge >= 0.3 is 7.75 Å². The van der Waals surface area contributed by atoms with Crippen molar-refractivity contribution in [1.82, 2.24) is 9.61 Å². The van der Waals surface area contributed by atoms with Crippen LogP contribution in [0.15, 0.2) is 0 Å². The van der Waals surface area contributed by atoms with Crippen LogP contribution in [0.3, 0.4) is 0 Å². The van der Waals surface area contributed by atoms with Crippen LogP contribution in [0.2, 0.25) is 0 Å². The van der Waals surface area contributed by atoms with Gasteiger partial charge in [0.2, 0.25) is 0 Å². The molecule has 0 amide bonds. The van der Waals surface area contributed by atoms with Gasteiger partial charge in [0, 0.05) is 7.05 Å². The van der Waals surface area contributed by atoms with Crippen LogP contribution in [-0.4, -0.2) is 11.8 Å². The minimum Gasteiger partial charge on any atom is -0.237 e. The van der Waals surface area contributed by atoms with Crippen LogP contribution in [-0.2, 0) is 12.7 Å². The number of thiol groups is 1. The third-order valence-corrected chi connectivity index (χ3v) is 3.37. The van der Waals surface area contributed by atoms with Crippen molar-refractivity contribution in [2.45, 2.75) is 0 Å². The van der Waals surface area contributed by atoms with Crippen LogP contribution >= 0.6 is 44.3 Å². The molecule has 0 rings (SSSR count). The van der Waals surface area contributed by atoms with Gasteiger partial charge in [-0.25, -0.2) is 4.57 Å². The van der Waals surface area contributed by atoms with E-state index in [9.17, 15) is 4.57 Å². The molecule has 0 heterocycles. The molecule has 5 nitrogen and oxygen atoms in total. The molecule has 0 aliphatic rings. The zero-order valence-electron chi connectivity index (χ0n) is 4.82. The maximum atomic E-state index is 11.0. The summed E-state index contributed by atoms with van der Waals surface area (Å²) in [4.78, 5) is 2.15. The number of hydrazine groups is 1. The number of nitrogens with one attached hydrogen (secondary N) is 1. The summed E-state index contributed by atoms with van der Waals surface area (Å²) in [6.07, 6.45) is 0. The highest BCUT2D eigenvalue weighted by Gasteiger charge is 2.30. The van der Waals surface area contributed by atoms with Gasteiger partial charge in [-0.3, -0.25) is 0 Å². The molecule has 0 aromatic carbocycles. The molecular formula is CH5Cl2N2O3PS. The maximum absolute atomic E-state index is 11.0. The second-order valence-electron chi connectivity index (χ2n) is 1.23. The number of halogens is 2. The molecule has 9 heteroatoms. The highest BCUT2D eigenvalue weighted by Crippen LogP contribution is 2.52. The van der Waals surface area contributed by atoms with Gasteiger partial charge in [0.05, 0.1) is 23.7 Å². The Hall–Kier alpha value is 1.00. The maximum Gasteiger partial charge on any atom is 0.454 e. The second-order valence-corrected chi connectivity index (χ2v) is 4.07. The Labute approximate surface area is 74.0 Å². The van der Waals surface area contributed by atoms with E-state index in [-0.39, 0.29) is 0 Å². The fourth-order valence-electron chi connectivity index (χ4n) is 0.158. The van der Waals surface area contributed by atoms with Gasteiger partial charge in [-0.05, 0) is 0 Å². The molecule has 0 fully saturated rings. The summed E-state index contributed by atoms with van der Waals surface area (Å²) in [6.45, 7) is 0. The Morgan fingerprint density at radius 2 is 2.00 bits per heavy atom. The number of hydrogen-bond acceptors (Lipinski definition) is 5. The van der Waals surface area contributed by atoms with Gasteiger partial charge < -0.3 is 0 Å². The molecule has 62 valence electrons. The fraction of sp³-hybridized carbons (Fsp3) is 1.00. The molecule has 0 unspecified atom stereocenters. The highest BCUT2D eigenvalue weighted by atomic mass is 35.5. The number of hydrogen-bond donors (Lipinski definition) is 2. The average Bonchev–Trinajstić information content (AvgIpc) is 2.01. The molecule has 0 bridgehead atoms. The Morgan fingerprint density at radius 3 is 2.10 bits per heavy atom. The van der Waals surface area contributed by atoms with E-state index in [2.05, 4.69) is 25.8 Å². The molecule has 0 spiro atoms. The third kappa shape index (κ3) is 2.56. The summed E-state index contributed by atoms with van der Waals surface area (Å²) in [5, 5.41) is 0. The predicted molar refractivity (Wildman–Crippen MR) is 41.4 cm³/mol. The molecule has 0 aliphatic heterocycles. The number of rotatable bonds is 4. The third-order valence-electron chi connectivity index (χ3n) is 0.687. The molecule has 0 radical (unpaired) electrons. The Morgan fingerprint density at radius 1 is 1.60 bits per heavy atom. The first-order chi connectivity index (χ1) is 4.60. The van der Waals surface area contributed by atoms with Crippen LogP contribution in [0.5, 0.6) is 0 Å². The highest BCUT2D eigenvalue weighted by molar-refractivity contribution is 7.78. The first-order valence-electron chi connectivity index (χ1n) is 1.95. The number of nitrogens with zero attached hydrogens (tertiary/aromatic N) is 1. The summed E-state index contributed by atoms with van der Waals surface area (Å²) >= 11 is 13.1. The minimum absolute atomic E-state index is 0.885. The van der Waals surface area contributed by atoms with Gasteiger partial charge in [-0.2, -0.15) is 13.0 Å². The summed E-state index contributed by atoms with van der Waals surface area (Å²) in [5.74, 6) is 0. The Kier molecular flexibility index (Phi) is 5.27. The van der Waals surface area contributed by atoms with E-state index >= 15 is 0 Å². The zero-order chi connectivity index (χ0) is 8.20. The lowest BCUT2D eigenvalue weighted by Crippen LogP contribution is -2.23. The Balaban J connectivity index is 4.18. The van der Waals surface area contributed by atoms with Crippen molar-refractivity contribution in [1.29, 1.82) is 0 Å². The van der Waals surface area contributed by atoms with Gasteiger partial charge in [-0.15, -0.1) is 4.78 Å². The van der Waals surface area contributed by atoms with E-state index in [1.807, 2.05) is 0 Å². The van der Waals surface area contributed by atoms with E-state index in [4.69, 9.17) is 23.7 Å². The molecule has 0 aromatic heterocycles. The standard InChI is InChI=1S/CH5Cl2N2O3PS/c1-5(4-10)9(6,7-2)8-3/h4,10H,1H3. The normalized spacial score (nSPS) is 12.5. The minimum atomic E-state index is -3.60. The predicted octanol–water partition coefficient (Wildman–Crippen LogP) is 1.72. The topological polar surface area (TPSA) is 50.8 Å². The van der Waals surface area contributed by atoms with E-state index < -0.39 is 7.75 Å². The van der Waals surface area contributed by atoms with Crippen LogP contribution in [0.25, 0.3) is 0 Å². The first-order valence-corrected chi connectivity index (χ1v) is 4.51. The van der Waals surface area contributed by atoms with Crippen molar-refractivity contribution in [3.05, 3.63) is 0 Å². The van der Waals surface area contributed by atoms with Gasteiger partial charge in [0.1, 0.15) is 0 Å². The molecule has 0 saturated carbocycles. The summed E-state index contributed by atoms with van der Waals surface area (Å²) in [7, 11) is -2.26. The van der Waals surface area contributed by atoms with Crippen molar-refractivity contribution in [2.75, 3.05) is 7.05 Å². The van der Waals surface area contributed by atoms with Crippen molar-refractivity contribution in [3.8, 4) is 0 Å². The molecular weight excluding hydrogens is 222 g/mol. The smallest absolute Gasteiger partial charge is 0.237 e. The van der Waals surface area contributed by atoms with E-state index in [1.54, 1.807) is 0 Å². The molecule has 0 atom stereocenters. The van der Waals surface area contributed by atoms with E-state index in [0.29, 0.717) is 0 Å². The lowest BCUT2D eigenvalue weighted by atomic mass is 11.5. The zero-order valence-corrected chi connectivity index (χ0v) is 8.12. The van der Waals surface area contributed by atoms with E-state index in [0.717, 1.165) is 4.78 Å². The van der Waals surface area contributed by atoms with Crippen molar-refractivity contribution in [3.63, 3.8) is 0 Å². The molecule has 0 aliphatic carbocycles. The van der Waals surface area contributed by atoms with Crippen LogP contribution in [0, 0.1) is 0 Å². The second kappa shape index (κ2) is 4.79. The monoisotopic (exact) mass is 226 g/mol. The lowest BCUT2D eigenvalue weighted by Gasteiger charge is -2.18. The van der Waals surface area contributed by atoms with Crippen molar-refractivity contribution in [2.24, 2.45) is 0 Å². The van der Waals surface area contributed by atoms with Crippen molar-refractivity contribution < 1.29 is 12.7 Å². The largest absolute Gasteiger partial charge is 0.454 e. The van der Waals surface area contributed by atoms with E-state index in [1.165, 1.54) is 7.05 Å². The van der Waals surface area contributed by atoms with Gasteiger partial charge in [0.15, 0.2) is 0 Å². The molecule has 0 aromatic rings. The average molecular weight is 227 g/mol. The Bertz CT molecular complexity index is 138. The summed E-state index contributed by atoms with van der Waals surface area (Å²) in [6, 6.07) is 0. The van der Waals surface area contributed by atoms with Crippen LogP contribution in [0.4, 0.5) is 0 Å². The van der Waals surface area contributed by atoms with Crippen LogP contribution in [0.1, 0.15) is 0 Å². The molecule has 10 heavy (non-hydrogen) atoms. The summed E-state index contributed by atoms with van der Waals surface area (Å²) in [5.41, 5.74) is 0. The molecule has 1 N–H and O–H groups in total. The van der Waals surface area contributed by atoms with Gasteiger partial charge in [0.25, 0.3) is 0 Å². The fourth-order valence-corrected chi connectivity index (χ4v) is 1.61. The lowest BCUT2D eigenvalue weighted by molar-refractivity contribution is 0.316. The first kappa shape index (κ1) is 11.0. The SMILES string of the molecule is CN(NS)P(=O)(OCl)OCl.